The topological polar surface area (TPSA) is 192 Å². The first-order chi connectivity index (χ1) is 5.10. The molecule has 0 aromatic rings. The molecule has 0 aromatic carbocycles. The van der Waals surface area contributed by atoms with Gasteiger partial charge in [-0.1, -0.05) is 0 Å². The van der Waals surface area contributed by atoms with Gasteiger partial charge in [0, 0.05) is 0 Å². The molecule has 0 amide bonds. The summed E-state index contributed by atoms with van der Waals surface area (Å²) in [6, 6.07) is 0. The lowest BCUT2D eigenvalue weighted by Gasteiger charge is -2.22. The van der Waals surface area contributed by atoms with Crippen LogP contribution in [0.1, 0.15) is 0 Å². The van der Waals surface area contributed by atoms with Gasteiger partial charge in [0.25, 0.3) is 0 Å². The minimum atomic E-state index is -3.10. The summed E-state index contributed by atoms with van der Waals surface area (Å²) in [5.74, 6) is -4.14. The highest BCUT2D eigenvalue weighted by Crippen LogP contribution is 2.26. The molecule has 0 heterocycles. The van der Waals surface area contributed by atoms with E-state index in [2.05, 4.69) is 9.05 Å². The van der Waals surface area contributed by atoms with E-state index in [1.165, 1.54) is 0 Å². The smallest absolute Gasteiger partial charge is 0.277 e. The van der Waals surface area contributed by atoms with Crippen molar-refractivity contribution in [3.63, 3.8) is 0 Å². The molecule has 0 bridgehead atoms. The Balaban J connectivity index is 3.92. The van der Waals surface area contributed by atoms with E-state index in [0.29, 0.717) is 0 Å². The Hall–Kier alpha value is -0.0900. The SMILES string of the molecule is NC(N)(N)O[PH](=O)OC(N)(N)N. The van der Waals surface area contributed by atoms with Gasteiger partial charge >= 0.3 is 8.25 Å². The average molecular weight is 200 g/mol. The summed E-state index contributed by atoms with van der Waals surface area (Å²) in [5.41, 5.74) is 29.5. The predicted molar refractivity (Wildman–Crippen MR) is 41.8 cm³/mol. The monoisotopic (exact) mass is 200 g/mol. The summed E-state index contributed by atoms with van der Waals surface area (Å²) in [4.78, 5) is 0. The molecule has 0 radical (unpaired) electrons. The fourth-order valence-corrected chi connectivity index (χ4v) is 0.929. The summed E-state index contributed by atoms with van der Waals surface area (Å²) in [7, 11) is -3.10. The molecule has 0 unspecified atom stereocenters. The van der Waals surface area contributed by atoms with Crippen molar-refractivity contribution >= 4 is 8.25 Å². The van der Waals surface area contributed by atoms with Crippen molar-refractivity contribution in [2.45, 2.75) is 11.9 Å². The molecule has 0 atom stereocenters. The molecule has 0 aliphatic rings. The molecular formula is C2H13N6O3P. The van der Waals surface area contributed by atoms with Gasteiger partial charge in [-0.05, 0) is 0 Å². The second-order valence-electron chi connectivity index (χ2n) is 2.16. The molecule has 74 valence electrons. The maximum absolute atomic E-state index is 10.7. The minimum Gasteiger partial charge on any atom is -0.277 e. The third kappa shape index (κ3) is 8.01. The van der Waals surface area contributed by atoms with E-state index in [1.807, 2.05) is 0 Å². The predicted octanol–water partition coefficient (Wildman–Crippen LogP) is -3.62. The maximum atomic E-state index is 10.7. The lowest BCUT2D eigenvalue weighted by atomic mass is 10.9. The summed E-state index contributed by atoms with van der Waals surface area (Å²) in [5, 5.41) is 0. The van der Waals surface area contributed by atoms with Gasteiger partial charge in [0.1, 0.15) is 0 Å². The first-order valence-electron chi connectivity index (χ1n) is 2.75. The van der Waals surface area contributed by atoms with Crippen LogP contribution >= 0.6 is 8.25 Å². The van der Waals surface area contributed by atoms with Crippen molar-refractivity contribution in [2.24, 2.45) is 34.4 Å². The number of nitrogens with two attached hydrogens (primary N) is 6. The zero-order valence-corrected chi connectivity index (χ0v) is 7.19. The van der Waals surface area contributed by atoms with Crippen LogP contribution in [0.15, 0.2) is 0 Å². The first kappa shape index (κ1) is 11.9. The molecule has 0 aliphatic carbocycles. The number of hydrogen-bond acceptors (Lipinski definition) is 9. The third-order valence-electron chi connectivity index (χ3n) is 0.520. The molecule has 0 rings (SSSR count). The first-order valence-corrected chi connectivity index (χ1v) is 3.98. The van der Waals surface area contributed by atoms with Gasteiger partial charge in [-0.25, -0.2) is 0 Å². The van der Waals surface area contributed by atoms with Gasteiger partial charge < -0.3 is 0 Å². The molecule has 12 heavy (non-hydrogen) atoms. The van der Waals surface area contributed by atoms with Crippen LogP contribution in [0.3, 0.4) is 0 Å². The van der Waals surface area contributed by atoms with Crippen molar-refractivity contribution in [2.75, 3.05) is 0 Å². The number of hydrogen-bond donors (Lipinski definition) is 6. The third-order valence-corrected chi connectivity index (χ3v) is 1.56. The van der Waals surface area contributed by atoms with Crippen LogP contribution in [0.2, 0.25) is 0 Å². The number of rotatable bonds is 4. The molecule has 0 fully saturated rings. The standard InChI is InChI=1S/C2H13N6O3P/c3-1(4,5)10-12(9)11-2(6,7)8/h12H,3-8H2. The summed E-state index contributed by atoms with van der Waals surface area (Å²) >= 11 is 0. The highest BCUT2D eigenvalue weighted by atomic mass is 31.1. The highest BCUT2D eigenvalue weighted by molar-refractivity contribution is 7.33. The van der Waals surface area contributed by atoms with Gasteiger partial charge in [-0.15, -0.1) is 0 Å². The van der Waals surface area contributed by atoms with Gasteiger partial charge in [0.2, 0.25) is 11.9 Å². The normalized spacial score (nSPS) is 13.9. The van der Waals surface area contributed by atoms with Crippen LogP contribution in [0.25, 0.3) is 0 Å². The minimum absolute atomic E-state index is 2.07. The van der Waals surface area contributed by atoms with E-state index < -0.39 is 20.2 Å². The molecule has 12 N–H and O–H groups in total. The highest BCUT2D eigenvalue weighted by Gasteiger charge is 2.22. The van der Waals surface area contributed by atoms with Crippen molar-refractivity contribution in [3.8, 4) is 0 Å². The van der Waals surface area contributed by atoms with Crippen LogP contribution < -0.4 is 34.4 Å². The van der Waals surface area contributed by atoms with E-state index in [4.69, 9.17) is 34.4 Å². The Kier molecular flexibility index (Phi) is 3.72. The van der Waals surface area contributed by atoms with E-state index in [9.17, 15) is 4.57 Å². The Labute approximate surface area is 69.2 Å². The zero-order valence-electron chi connectivity index (χ0n) is 6.19. The lowest BCUT2D eigenvalue weighted by molar-refractivity contribution is 0.0283. The molecule has 10 heteroatoms. The Morgan fingerprint density at radius 2 is 1.08 bits per heavy atom. The van der Waals surface area contributed by atoms with Gasteiger partial charge in [0.15, 0.2) is 0 Å². The fraction of sp³-hybridized carbons (Fsp3) is 1.00. The van der Waals surface area contributed by atoms with E-state index >= 15 is 0 Å². The zero-order chi connectivity index (χ0) is 9.99. The van der Waals surface area contributed by atoms with E-state index in [1.54, 1.807) is 0 Å². The Morgan fingerprint density at radius 1 is 0.833 bits per heavy atom. The fourth-order valence-electron chi connectivity index (χ4n) is 0.310. The largest absolute Gasteiger partial charge is 0.326 e. The van der Waals surface area contributed by atoms with Crippen LogP contribution in [-0.4, -0.2) is 11.9 Å². The Bertz CT molecular complexity index is 153. The molecule has 0 aromatic heterocycles. The lowest BCUT2D eigenvalue weighted by Crippen LogP contribution is -2.61. The van der Waals surface area contributed by atoms with Crippen molar-refractivity contribution < 1.29 is 13.6 Å². The molecule has 0 spiro atoms. The van der Waals surface area contributed by atoms with Crippen LogP contribution in [0, 0.1) is 0 Å². The van der Waals surface area contributed by atoms with Crippen molar-refractivity contribution in [3.05, 3.63) is 0 Å². The van der Waals surface area contributed by atoms with E-state index in [-0.39, 0.29) is 0 Å². The molecule has 0 aliphatic heterocycles. The summed E-state index contributed by atoms with van der Waals surface area (Å²) < 4.78 is 19.2. The molecule has 9 nitrogen and oxygen atoms in total. The van der Waals surface area contributed by atoms with Gasteiger partial charge in [-0.3, -0.25) is 48.0 Å². The second-order valence-corrected chi connectivity index (χ2v) is 3.07. The van der Waals surface area contributed by atoms with Crippen molar-refractivity contribution in [1.29, 1.82) is 0 Å². The van der Waals surface area contributed by atoms with Crippen molar-refractivity contribution in [1.82, 2.24) is 0 Å². The molecule has 0 saturated heterocycles. The van der Waals surface area contributed by atoms with Gasteiger partial charge in [0.05, 0.1) is 0 Å². The summed E-state index contributed by atoms with van der Waals surface area (Å²) in [6.45, 7) is 0. The quantitative estimate of drug-likeness (QED) is 0.196. The second kappa shape index (κ2) is 3.75. The van der Waals surface area contributed by atoms with Crippen LogP contribution in [0.4, 0.5) is 0 Å². The van der Waals surface area contributed by atoms with Gasteiger partial charge in [-0.2, -0.15) is 0 Å². The van der Waals surface area contributed by atoms with Crippen LogP contribution in [0.5, 0.6) is 0 Å². The van der Waals surface area contributed by atoms with E-state index in [0.717, 1.165) is 0 Å². The molecular weight excluding hydrogens is 187 g/mol. The average Bonchev–Trinajstić information content (AvgIpc) is 1.49. The maximum Gasteiger partial charge on any atom is 0.326 e. The summed E-state index contributed by atoms with van der Waals surface area (Å²) in [6.07, 6.45) is 0. The Morgan fingerprint density at radius 3 is 1.25 bits per heavy atom. The molecule has 0 saturated carbocycles. The van der Waals surface area contributed by atoms with Crippen LogP contribution in [-0.2, 0) is 13.6 Å².